The molecule has 0 saturated carbocycles. The molecule has 0 N–H and O–H groups in total. The summed E-state index contributed by atoms with van der Waals surface area (Å²) in [5.41, 5.74) is -0.682. The maximum absolute atomic E-state index is 14.7. The monoisotopic (exact) mass is 439 g/mol. The quantitative estimate of drug-likeness (QED) is 0.473. The van der Waals surface area contributed by atoms with E-state index in [4.69, 9.17) is 13.9 Å². The van der Waals surface area contributed by atoms with Gasteiger partial charge in [-0.1, -0.05) is 6.07 Å². The van der Waals surface area contributed by atoms with E-state index in [0.717, 1.165) is 0 Å². The maximum atomic E-state index is 14.7. The van der Waals surface area contributed by atoms with Crippen LogP contribution in [-0.2, 0) is 19.5 Å². The van der Waals surface area contributed by atoms with Crippen molar-refractivity contribution in [2.45, 2.75) is 71.4 Å². The molecule has 0 aliphatic carbocycles. The minimum Gasteiger partial charge on any atom is -0.462 e. The number of rotatable bonds is 5. The third kappa shape index (κ3) is 6.28. The molecule has 6 nitrogen and oxygen atoms in total. The van der Waals surface area contributed by atoms with Crippen LogP contribution in [0, 0.1) is 5.82 Å². The fourth-order valence-corrected chi connectivity index (χ4v) is 5.08. The number of piperidine rings is 1. The summed E-state index contributed by atoms with van der Waals surface area (Å²) in [7, 11) is -2.00. The van der Waals surface area contributed by atoms with Crippen molar-refractivity contribution < 1.29 is 27.9 Å². The zero-order valence-corrected chi connectivity index (χ0v) is 20.1. The summed E-state index contributed by atoms with van der Waals surface area (Å²) in [5.74, 6) is -1.31. The number of benzene rings is 1. The van der Waals surface area contributed by atoms with Crippen LogP contribution in [0.5, 0.6) is 0 Å². The Bertz CT molecular complexity index is 777. The van der Waals surface area contributed by atoms with Gasteiger partial charge in [0, 0.05) is 13.1 Å². The van der Waals surface area contributed by atoms with Gasteiger partial charge in [-0.3, -0.25) is 0 Å². The van der Waals surface area contributed by atoms with Gasteiger partial charge < -0.3 is 18.8 Å². The van der Waals surface area contributed by atoms with E-state index < -0.39 is 31.3 Å². The van der Waals surface area contributed by atoms with E-state index in [-0.39, 0.29) is 18.3 Å². The van der Waals surface area contributed by atoms with Gasteiger partial charge in [0.15, 0.2) is 8.32 Å². The summed E-state index contributed by atoms with van der Waals surface area (Å²) >= 11 is 0. The fraction of sp³-hybridized carbons (Fsp3) is 0.636. The fourth-order valence-electron chi connectivity index (χ4n) is 3.59. The second kappa shape index (κ2) is 9.06. The highest BCUT2D eigenvalue weighted by Crippen LogP contribution is 2.40. The summed E-state index contributed by atoms with van der Waals surface area (Å²) in [6, 6.07) is 4.56. The SMILES string of the molecule is CCOC(=O)c1ccc(C2(O[Si](C)(C)C)CCN(C(=O)OC(C)(C)C)CC2)cc1F. The first-order valence-electron chi connectivity index (χ1n) is 10.4. The average Bonchev–Trinajstić information content (AvgIpc) is 2.59. The number of carbonyl (C=O) groups is 2. The first kappa shape index (κ1) is 24.3. The maximum Gasteiger partial charge on any atom is 0.410 e. The average molecular weight is 440 g/mol. The van der Waals surface area contributed by atoms with E-state index in [1.54, 1.807) is 17.9 Å². The second-order valence-corrected chi connectivity index (χ2v) is 14.0. The van der Waals surface area contributed by atoms with Gasteiger partial charge in [0.2, 0.25) is 0 Å². The standard InChI is InChI=1S/C22H34FNO5Si/c1-8-27-19(25)17-10-9-16(15-18(17)23)22(29-30(5,6)7)11-13-24(14-12-22)20(26)28-21(2,3)4/h9-10,15H,8,11-14H2,1-7H3. The van der Waals surface area contributed by atoms with Gasteiger partial charge in [0.25, 0.3) is 0 Å². The van der Waals surface area contributed by atoms with Gasteiger partial charge in [-0.25, -0.2) is 14.0 Å². The Balaban J connectivity index is 2.29. The van der Waals surface area contributed by atoms with Gasteiger partial charge in [0.1, 0.15) is 11.4 Å². The Morgan fingerprint density at radius 2 is 1.77 bits per heavy atom. The molecule has 0 spiro atoms. The molecule has 30 heavy (non-hydrogen) atoms. The lowest BCUT2D eigenvalue weighted by molar-refractivity contribution is -0.0247. The Labute approximate surface area is 179 Å². The number of likely N-dealkylation sites (tertiary alicyclic amines) is 1. The van der Waals surface area contributed by atoms with Gasteiger partial charge in [-0.15, -0.1) is 0 Å². The van der Waals surface area contributed by atoms with Crippen LogP contribution >= 0.6 is 0 Å². The Morgan fingerprint density at radius 3 is 2.23 bits per heavy atom. The normalized spacial score (nSPS) is 16.9. The summed E-state index contributed by atoms with van der Waals surface area (Å²) in [6.07, 6.45) is 0.691. The molecule has 0 unspecified atom stereocenters. The van der Waals surface area contributed by atoms with Crippen molar-refractivity contribution in [3.8, 4) is 0 Å². The largest absolute Gasteiger partial charge is 0.462 e. The van der Waals surface area contributed by atoms with E-state index >= 15 is 0 Å². The first-order valence-corrected chi connectivity index (χ1v) is 13.8. The van der Waals surface area contributed by atoms with Crippen LogP contribution in [0.15, 0.2) is 18.2 Å². The van der Waals surface area contributed by atoms with Gasteiger partial charge in [-0.2, -0.15) is 0 Å². The first-order chi connectivity index (χ1) is 13.8. The molecule has 1 fully saturated rings. The lowest BCUT2D eigenvalue weighted by Gasteiger charge is -2.45. The van der Waals surface area contributed by atoms with E-state index in [2.05, 4.69) is 19.6 Å². The van der Waals surface area contributed by atoms with E-state index in [1.165, 1.54) is 12.1 Å². The molecule has 8 heteroatoms. The van der Waals surface area contributed by atoms with Crippen molar-refractivity contribution >= 4 is 20.4 Å². The minimum atomic E-state index is -2.00. The third-order valence-corrected chi connectivity index (χ3v) is 5.72. The molecule has 1 aliphatic rings. The van der Waals surface area contributed by atoms with Crippen molar-refractivity contribution in [1.29, 1.82) is 0 Å². The lowest BCUT2D eigenvalue weighted by Crippen LogP contribution is -2.51. The van der Waals surface area contributed by atoms with Crippen molar-refractivity contribution in [3.05, 3.63) is 35.1 Å². The summed E-state index contributed by atoms with van der Waals surface area (Å²) in [4.78, 5) is 26.1. The highest BCUT2D eigenvalue weighted by Gasteiger charge is 2.42. The molecular weight excluding hydrogens is 405 g/mol. The zero-order chi connectivity index (χ0) is 22.7. The number of hydrogen-bond donors (Lipinski definition) is 0. The molecule has 0 bridgehead atoms. The Morgan fingerprint density at radius 1 is 1.17 bits per heavy atom. The molecule has 0 atom stereocenters. The summed E-state index contributed by atoms with van der Waals surface area (Å²) in [6.45, 7) is 14.5. The summed E-state index contributed by atoms with van der Waals surface area (Å²) in [5, 5.41) is 0. The van der Waals surface area contributed by atoms with E-state index in [0.29, 0.717) is 31.5 Å². The molecule has 1 saturated heterocycles. The number of hydrogen-bond acceptors (Lipinski definition) is 5. The number of esters is 1. The topological polar surface area (TPSA) is 65.1 Å². The van der Waals surface area contributed by atoms with Gasteiger partial charge in [0.05, 0.1) is 17.8 Å². The Hall–Kier alpha value is -1.93. The van der Waals surface area contributed by atoms with Crippen LogP contribution in [0.25, 0.3) is 0 Å². The number of nitrogens with zero attached hydrogens (tertiary/aromatic N) is 1. The predicted molar refractivity (Wildman–Crippen MR) is 116 cm³/mol. The van der Waals surface area contributed by atoms with Crippen LogP contribution in [-0.4, -0.2) is 50.6 Å². The highest BCUT2D eigenvalue weighted by atomic mass is 28.4. The van der Waals surface area contributed by atoms with Crippen LogP contribution in [0.4, 0.5) is 9.18 Å². The van der Waals surface area contributed by atoms with Crippen LogP contribution in [0.3, 0.4) is 0 Å². The van der Waals surface area contributed by atoms with Crippen LogP contribution in [0.1, 0.15) is 56.5 Å². The molecule has 1 heterocycles. The van der Waals surface area contributed by atoms with Crippen molar-refractivity contribution in [3.63, 3.8) is 0 Å². The number of halogens is 1. The lowest BCUT2D eigenvalue weighted by atomic mass is 9.84. The van der Waals surface area contributed by atoms with E-state index in [9.17, 15) is 14.0 Å². The number of ether oxygens (including phenoxy) is 2. The van der Waals surface area contributed by atoms with Crippen molar-refractivity contribution in [1.82, 2.24) is 4.90 Å². The molecule has 1 amide bonds. The molecule has 1 aromatic rings. The molecule has 1 aromatic carbocycles. The van der Waals surface area contributed by atoms with E-state index in [1.807, 2.05) is 20.8 Å². The van der Waals surface area contributed by atoms with Crippen molar-refractivity contribution in [2.24, 2.45) is 0 Å². The minimum absolute atomic E-state index is 0.0880. The second-order valence-electron chi connectivity index (χ2n) is 9.59. The van der Waals surface area contributed by atoms with Gasteiger partial charge >= 0.3 is 12.1 Å². The zero-order valence-electron chi connectivity index (χ0n) is 19.1. The number of amides is 1. The predicted octanol–water partition coefficient (Wildman–Crippen LogP) is 5.08. The molecule has 1 aliphatic heterocycles. The molecular formula is C22H34FNO5Si. The Kier molecular flexibility index (Phi) is 7.35. The molecule has 0 radical (unpaired) electrons. The van der Waals surface area contributed by atoms with Crippen LogP contribution < -0.4 is 0 Å². The van der Waals surface area contributed by atoms with Crippen LogP contribution in [0.2, 0.25) is 19.6 Å². The smallest absolute Gasteiger partial charge is 0.410 e. The third-order valence-electron chi connectivity index (χ3n) is 4.71. The molecule has 0 aromatic heterocycles. The summed E-state index contributed by atoms with van der Waals surface area (Å²) < 4.78 is 31.7. The van der Waals surface area contributed by atoms with Gasteiger partial charge in [-0.05, 0) is 77.9 Å². The molecule has 168 valence electrons. The molecule has 2 rings (SSSR count). The number of carbonyl (C=O) groups excluding carboxylic acids is 2. The highest BCUT2D eigenvalue weighted by molar-refractivity contribution is 6.69. The van der Waals surface area contributed by atoms with Crippen molar-refractivity contribution in [2.75, 3.05) is 19.7 Å².